The van der Waals surface area contributed by atoms with Crippen LogP contribution in [0.15, 0.2) is 0 Å². The van der Waals surface area contributed by atoms with Gasteiger partial charge in [-0.25, -0.2) is 14.4 Å². The van der Waals surface area contributed by atoms with E-state index < -0.39 is 72.8 Å². The molecule has 0 aliphatic rings. The van der Waals surface area contributed by atoms with E-state index in [1.165, 1.54) is 0 Å². The lowest BCUT2D eigenvalue weighted by Crippen LogP contribution is -2.54. The molecule has 0 heterocycles. The Bertz CT molecular complexity index is 1370. The maximum atomic E-state index is 12.6. The van der Waals surface area contributed by atoms with Gasteiger partial charge in [0.25, 0.3) is 0 Å². The summed E-state index contributed by atoms with van der Waals surface area (Å²) in [5.41, 5.74) is 0. The van der Waals surface area contributed by atoms with Gasteiger partial charge in [-0.2, -0.15) is 0 Å². The van der Waals surface area contributed by atoms with Gasteiger partial charge in [0.2, 0.25) is 29.5 Å². The number of carbonyl (C=O) groups is 9. The van der Waals surface area contributed by atoms with Gasteiger partial charge >= 0.3 is 23.9 Å². The summed E-state index contributed by atoms with van der Waals surface area (Å²) in [4.78, 5) is 107. The summed E-state index contributed by atoms with van der Waals surface area (Å²) in [7, 11) is 0. The van der Waals surface area contributed by atoms with Crippen LogP contribution in [0.3, 0.4) is 0 Å². The van der Waals surface area contributed by atoms with Crippen molar-refractivity contribution in [3.05, 3.63) is 0 Å². The molecule has 10 N–H and O–H groups in total. The fraction of sp³-hybridized carbons (Fsp3) is 0.763. The molecule has 0 fully saturated rings. The number of carboxylic acid groups (broad SMARTS) is 3. The van der Waals surface area contributed by atoms with Gasteiger partial charge in [-0.3, -0.25) is 28.8 Å². The highest BCUT2D eigenvalue weighted by atomic mass is 16.6. The summed E-state index contributed by atoms with van der Waals surface area (Å²) in [6, 6.07) is -5.65. The van der Waals surface area contributed by atoms with Crippen LogP contribution in [0.5, 0.6) is 0 Å². The fourth-order valence-corrected chi connectivity index (χ4v) is 5.07. The van der Waals surface area contributed by atoms with Crippen molar-refractivity contribution < 1.29 is 77.4 Å². The fourth-order valence-electron chi connectivity index (χ4n) is 5.07. The second kappa shape index (κ2) is 34.6. The molecule has 0 saturated carbocycles. The molecule has 23 heteroatoms. The summed E-state index contributed by atoms with van der Waals surface area (Å²) in [6.07, 6.45) is 0.925. The lowest BCUT2D eigenvalue weighted by molar-refractivity contribution is -0.141. The van der Waals surface area contributed by atoms with Gasteiger partial charge in [0.05, 0.1) is 52.9 Å². The van der Waals surface area contributed by atoms with Gasteiger partial charge in [-0.15, -0.1) is 0 Å². The first-order valence-corrected chi connectivity index (χ1v) is 20.4. The van der Waals surface area contributed by atoms with E-state index in [0.29, 0.717) is 58.8 Å². The molecule has 0 rings (SSSR count). The Labute approximate surface area is 355 Å². The molecular formula is C38H67N7O16. The molecule has 7 amide bonds. The molecule has 0 bridgehead atoms. The van der Waals surface area contributed by atoms with Gasteiger partial charge in [0.15, 0.2) is 0 Å². The average molecular weight is 878 g/mol. The molecule has 350 valence electrons. The third-order valence-electron chi connectivity index (χ3n) is 8.44. The van der Waals surface area contributed by atoms with Crippen LogP contribution >= 0.6 is 0 Å². The Morgan fingerprint density at radius 1 is 0.492 bits per heavy atom. The van der Waals surface area contributed by atoms with Gasteiger partial charge in [-0.05, 0) is 45.4 Å². The minimum Gasteiger partial charge on any atom is -0.481 e. The van der Waals surface area contributed by atoms with Crippen LogP contribution in [-0.4, -0.2) is 165 Å². The molecule has 0 saturated heterocycles. The van der Waals surface area contributed by atoms with Gasteiger partial charge in [0.1, 0.15) is 24.2 Å². The van der Waals surface area contributed by atoms with E-state index in [1.807, 2.05) is 19.2 Å². The van der Waals surface area contributed by atoms with Crippen molar-refractivity contribution in [1.29, 1.82) is 0 Å². The molecule has 0 aliphatic heterocycles. The topological polar surface area (TPSA) is 335 Å². The number of ether oxygens (including phenoxy) is 4. The van der Waals surface area contributed by atoms with E-state index in [2.05, 4.69) is 31.9 Å². The zero-order valence-corrected chi connectivity index (χ0v) is 35.7. The Balaban J connectivity index is 3.83. The second-order valence-electron chi connectivity index (χ2n) is 14.0. The quantitative estimate of drug-likeness (QED) is 0.0330. The molecule has 4 unspecified atom stereocenters. The van der Waals surface area contributed by atoms with Crippen LogP contribution in [0.4, 0.5) is 4.79 Å². The van der Waals surface area contributed by atoms with Crippen LogP contribution in [-0.2, 0) is 57.3 Å². The van der Waals surface area contributed by atoms with Gasteiger partial charge in [0, 0.05) is 45.3 Å². The monoisotopic (exact) mass is 877 g/mol. The first-order chi connectivity index (χ1) is 29.0. The zero-order valence-electron chi connectivity index (χ0n) is 35.7. The summed E-state index contributed by atoms with van der Waals surface area (Å²) in [6.45, 7) is 10.1. The Hall–Kier alpha value is -5.13. The lowest BCUT2D eigenvalue weighted by Gasteiger charge is -2.23. The molecule has 0 aromatic rings. The maximum absolute atomic E-state index is 12.6. The standard InChI is InChI=1S/C38H67N7O16/c1-5-39-34(51)26(4)42-35(52)33(25(2)3)45-31(48)9-7-6-8-15-40-30(47)14-17-58-19-21-60-23-24-61-22-20-59-18-16-41-29(46)12-10-27(36(53)54)43-38(57)44-28(37(55)56)11-13-32(49)50/h25-28,33H,5-24H2,1-4H3,(H,39,51)(H,40,47)(H,41,46)(H,42,52)(H,45,48)(H,49,50)(H,53,54)(H,55,56)(H2,43,44,57). The second-order valence-corrected chi connectivity index (χ2v) is 14.0. The molecular weight excluding hydrogens is 810 g/mol. The number of aliphatic carboxylic acids is 3. The molecule has 4 atom stereocenters. The SMILES string of the molecule is CCNC(=O)C(C)NC(=O)C(NC(=O)CCCCCNC(=O)CCOCCOCCOCCOCCNC(=O)CCC(NC(=O)NC(CCC(=O)O)C(=O)O)C(=O)O)C(C)C. The number of likely N-dealkylation sites (N-methyl/N-ethyl adjacent to an activating group) is 1. The van der Waals surface area contributed by atoms with Crippen LogP contribution in [0.1, 0.15) is 85.5 Å². The van der Waals surface area contributed by atoms with E-state index >= 15 is 0 Å². The third kappa shape index (κ3) is 30.5. The first-order valence-electron chi connectivity index (χ1n) is 20.4. The summed E-state index contributed by atoms with van der Waals surface area (Å²) >= 11 is 0. The molecule has 0 radical (unpaired) electrons. The van der Waals surface area contributed by atoms with E-state index in [4.69, 9.17) is 29.2 Å². The number of carbonyl (C=O) groups excluding carboxylic acids is 6. The average Bonchev–Trinajstić information content (AvgIpc) is 3.19. The number of hydrogen-bond donors (Lipinski definition) is 10. The summed E-state index contributed by atoms with van der Waals surface area (Å²) in [5, 5.41) is 44.6. The largest absolute Gasteiger partial charge is 0.481 e. The highest BCUT2D eigenvalue weighted by Gasteiger charge is 2.27. The van der Waals surface area contributed by atoms with Crippen molar-refractivity contribution in [1.82, 2.24) is 37.2 Å². The van der Waals surface area contributed by atoms with Crippen LogP contribution < -0.4 is 37.2 Å². The van der Waals surface area contributed by atoms with Crippen molar-refractivity contribution in [2.45, 2.75) is 110 Å². The number of amides is 7. The highest BCUT2D eigenvalue weighted by molar-refractivity contribution is 5.92. The van der Waals surface area contributed by atoms with Gasteiger partial charge < -0.3 is 71.5 Å². The van der Waals surface area contributed by atoms with Crippen molar-refractivity contribution in [3.63, 3.8) is 0 Å². The van der Waals surface area contributed by atoms with Gasteiger partial charge in [-0.1, -0.05) is 20.3 Å². The first kappa shape index (κ1) is 55.9. The number of carboxylic acids is 3. The number of urea groups is 1. The van der Waals surface area contributed by atoms with E-state index in [0.717, 1.165) is 0 Å². The Morgan fingerprint density at radius 3 is 1.52 bits per heavy atom. The molecule has 61 heavy (non-hydrogen) atoms. The minimum absolute atomic E-state index is 0.133. The normalized spacial score (nSPS) is 12.9. The number of unbranched alkanes of at least 4 members (excludes halogenated alkanes) is 2. The highest BCUT2D eigenvalue weighted by Crippen LogP contribution is 2.06. The third-order valence-corrected chi connectivity index (χ3v) is 8.44. The van der Waals surface area contributed by atoms with Crippen LogP contribution in [0, 0.1) is 5.92 Å². The molecule has 0 aromatic carbocycles. The molecule has 0 spiro atoms. The molecule has 23 nitrogen and oxygen atoms in total. The van der Waals surface area contributed by atoms with Crippen molar-refractivity contribution in [2.75, 3.05) is 72.5 Å². The number of hydrogen-bond acceptors (Lipinski definition) is 13. The molecule has 0 aromatic heterocycles. The van der Waals surface area contributed by atoms with Crippen LogP contribution in [0.2, 0.25) is 0 Å². The van der Waals surface area contributed by atoms with E-state index in [-0.39, 0.29) is 82.3 Å². The van der Waals surface area contributed by atoms with Crippen molar-refractivity contribution in [3.8, 4) is 0 Å². The van der Waals surface area contributed by atoms with Crippen molar-refractivity contribution >= 4 is 53.5 Å². The Morgan fingerprint density at radius 2 is 1.00 bits per heavy atom. The number of rotatable bonds is 37. The summed E-state index contributed by atoms with van der Waals surface area (Å²) < 4.78 is 21.6. The maximum Gasteiger partial charge on any atom is 0.326 e. The van der Waals surface area contributed by atoms with E-state index in [1.54, 1.807) is 13.8 Å². The minimum atomic E-state index is -1.54. The number of nitrogens with one attached hydrogen (secondary N) is 7. The predicted molar refractivity (Wildman–Crippen MR) is 216 cm³/mol. The summed E-state index contributed by atoms with van der Waals surface area (Å²) in [5.74, 6) is -5.99. The Kier molecular flexibility index (Phi) is 31.7. The van der Waals surface area contributed by atoms with Crippen molar-refractivity contribution in [2.24, 2.45) is 5.92 Å². The predicted octanol–water partition coefficient (Wildman–Crippen LogP) is -1.13. The lowest BCUT2D eigenvalue weighted by atomic mass is 10.0. The zero-order chi connectivity index (χ0) is 46.0. The smallest absolute Gasteiger partial charge is 0.326 e. The van der Waals surface area contributed by atoms with E-state index in [9.17, 15) is 48.3 Å². The molecule has 0 aliphatic carbocycles. The van der Waals surface area contributed by atoms with Crippen LogP contribution in [0.25, 0.3) is 0 Å².